The summed E-state index contributed by atoms with van der Waals surface area (Å²) in [4.78, 5) is 26.2. The monoisotopic (exact) mass is 420 g/mol. The number of piperazine rings is 1. The van der Waals surface area contributed by atoms with Gasteiger partial charge in [-0.1, -0.05) is 13.0 Å². The van der Waals surface area contributed by atoms with Gasteiger partial charge in [-0.15, -0.1) is 0 Å². The number of hydrogen-bond acceptors (Lipinski definition) is 4. The van der Waals surface area contributed by atoms with Gasteiger partial charge in [-0.2, -0.15) is 0 Å². The Kier molecular flexibility index (Phi) is 6.23. The van der Waals surface area contributed by atoms with Gasteiger partial charge in [0.25, 0.3) is 0 Å². The first-order valence-electron chi connectivity index (χ1n) is 11.1. The van der Waals surface area contributed by atoms with E-state index in [1.807, 2.05) is 30.2 Å². The van der Waals surface area contributed by atoms with E-state index in [0.717, 1.165) is 61.8 Å². The van der Waals surface area contributed by atoms with Crippen LogP contribution >= 0.6 is 0 Å². The van der Waals surface area contributed by atoms with E-state index in [9.17, 15) is 4.79 Å². The van der Waals surface area contributed by atoms with Crippen molar-refractivity contribution in [1.29, 1.82) is 0 Å². The lowest BCUT2D eigenvalue weighted by molar-refractivity contribution is 0.131. The Morgan fingerprint density at radius 3 is 2.52 bits per heavy atom. The van der Waals surface area contributed by atoms with Crippen LogP contribution < -0.4 is 5.32 Å². The highest BCUT2D eigenvalue weighted by molar-refractivity contribution is 5.75. The number of imidazole rings is 1. The number of aryl methyl sites for hydroxylation is 2. The predicted octanol–water partition coefficient (Wildman–Crippen LogP) is 3.66. The van der Waals surface area contributed by atoms with E-state index in [2.05, 4.69) is 58.7 Å². The summed E-state index contributed by atoms with van der Waals surface area (Å²) in [6.45, 7) is 12.2. The third-order valence-corrected chi connectivity index (χ3v) is 5.96. The second-order valence-electron chi connectivity index (χ2n) is 8.58. The van der Waals surface area contributed by atoms with Gasteiger partial charge in [0, 0.05) is 44.1 Å². The topological polar surface area (TPSA) is 66.3 Å². The summed E-state index contributed by atoms with van der Waals surface area (Å²) in [6.07, 6.45) is 2.76. The van der Waals surface area contributed by atoms with Gasteiger partial charge in [-0.3, -0.25) is 9.47 Å². The lowest BCUT2D eigenvalue weighted by Gasteiger charge is -2.35. The van der Waals surface area contributed by atoms with Gasteiger partial charge in [-0.25, -0.2) is 14.8 Å². The zero-order valence-corrected chi connectivity index (χ0v) is 18.9. The second kappa shape index (κ2) is 9.06. The van der Waals surface area contributed by atoms with Crippen molar-refractivity contribution in [2.75, 3.05) is 26.2 Å². The number of benzene rings is 1. The van der Waals surface area contributed by atoms with E-state index in [0.29, 0.717) is 0 Å². The number of fused-ring (bicyclic) bond motifs is 1. The van der Waals surface area contributed by atoms with E-state index < -0.39 is 0 Å². The van der Waals surface area contributed by atoms with Crippen LogP contribution in [0.4, 0.5) is 4.79 Å². The van der Waals surface area contributed by atoms with Gasteiger partial charge < -0.3 is 10.2 Å². The maximum Gasteiger partial charge on any atom is 0.317 e. The standard InChI is InChI=1S/C24H32N6O/c1-5-19(4)26-24(31)29-11-9-28(10-12-29)16-22-27-21-7-6-8-25-23(21)30(22)20-14-17(2)13-18(3)15-20/h6-8,13-15,19H,5,9-12,16H2,1-4H3,(H,26,31)/t19-/m0/s1. The molecule has 1 saturated heterocycles. The lowest BCUT2D eigenvalue weighted by atomic mass is 10.1. The molecule has 164 valence electrons. The molecule has 0 aliphatic carbocycles. The highest BCUT2D eigenvalue weighted by Gasteiger charge is 2.24. The number of hydrogen-bond donors (Lipinski definition) is 1. The number of aromatic nitrogens is 3. The molecular weight excluding hydrogens is 388 g/mol. The molecule has 0 saturated carbocycles. The average molecular weight is 421 g/mol. The zero-order valence-electron chi connectivity index (χ0n) is 18.9. The van der Waals surface area contributed by atoms with Gasteiger partial charge in [0.2, 0.25) is 0 Å². The molecule has 3 aromatic rings. The molecule has 0 bridgehead atoms. The van der Waals surface area contributed by atoms with Gasteiger partial charge >= 0.3 is 6.03 Å². The van der Waals surface area contributed by atoms with Crippen LogP contribution in [0.15, 0.2) is 36.5 Å². The Labute approximate surface area is 184 Å². The van der Waals surface area contributed by atoms with Crippen LogP contribution in [0.25, 0.3) is 16.9 Å². The first-order valence-corrected chi connectivity index (χ1v) is 11.1. The molecule has 1 atom stereocenters. The number of pyridine rings is 1. The Morgan fingerprint density at radius 1 is 1.13 bits per heavy atom. The van der Waals surface area contributed by atoms with E-state index in [-0.39, 0.29) is 12.1 Å². The van der Waals surface area contributed by atoms with E-state index >= 15 is 0 Å². The minimum atomic E-state index is 0.0423. The number of carbonyl (C=O) groups is 1. The average Bonchev–Trinajstić information content (AvgIpc) is 3.11. The van der Waals surface area contributed by atoms with E-state index in [4.69, 9.17) is 4.98 Å². The SMILES string of the molecule is CC[C@H](C)NC(=O)N1CCN(Cc2nc3cccnc3n2-c2cc(C)cc(C)c2)CC1. The normalized spacial score (nSPS) is 15.9. The van der Waals surface area contributed by atoms with Gasteiger partial charge in [0.15, 0.2) is 5.65 Å². The molecule has 0 radical (unpaired) electrons. The third-order valence-electron chi connectivity index (χ3n) is 5.96. The Hall–Kier alpha value is -2.93. The highest BCUT2D eigenvalue weighted by atomic mass is 16.2. The molecule has 3 heterocycles. The van der Waals surface area contributed by atoms with Crippen molar-refractivity contribution < 1.29 is 4.79 Å². The molecule has 1 aliphatic heterocycles. The van der Waals surface area contributed by atoms with Crippen molar-refractivity contribution >= 4 is 17.2 Å². The van der Waals surface area contributed by atoms with E-state index in [1.165, 1.54) is 11.1 Å². The fourth-order valence-electron chi connectivity index (χ4n) is 4.13. The van der Waals surface area contributed by atoms with Crippen molar-refractivity contribution in [3.05, 3.63) is 53.5 Å². The molecule has 0 unspecified atom stereocenters. The molecule has 1 N–H and O–H groups in total. The van der Waals surface area contributed by atoms with Crippen molar-refractivity contribution in [2.24, 2.45) is 0 Å². The first kappa shape index (κ1) is 21.3. The molecule has 1 aliphatic rings. The van der Waals surface area contributed by atoms with Crippen LogP contribution in [0.5, 0.6) is 0 Å². The van der Waals surface area contributed by atoms with Crippen LogP contribution in [0.3, 0.4) is 0 Å². The summed E-state index contributed by atoms with van der Waals surface area (Å²) < 4.78 is 2.18. The van der Waals surface area contributed by atoms with Gasteiger partial charge in [0.1, 0.15) is 11.3 Å². The highest BCUT2D eigenvalue weighted by Crippen LogP contribution is 2.23. The fourth-order valence-corrected chi connectivity index (χ4v) is 4.13. The number of carbonyl (C=O) groups excluding carboxylic acids is 1. The minimum Gasteiger partial charge on any atom is -0.336 e. The minimum absolute atomic E-state index is 0.0423. The van der Waals surface area contributed by atoms with Crippen LogP contribution in [0.2, 0.25) is 0 Å². The number of nitrogens with one attached hydrogen (secondary N) is 1. The van der Waals surface area contributed by atoms with Crippen LogP contribution in [0, 0.1) is 13.8 Å². The third kappa shape index (κ3) is 4.71. The van der Waals surface area contributed by atoms with Crippen molar-refractivity contribution in [1.82, 2.24) is 29.7 Å². The molecular formula is C24H32N6O. The number of rotatable bonds is 5. The zero-order chi connectivity index (χ0) is 22.0. The smallest absolute Gasteiger partial charge is 0.317 e. The summed E-state index contributed by atoms with van der Waals surface area (Å²) in [6, 6.07) is 10.7. The fraction of sp³-hybridized carbons (Fsp3) is 0.458. The number of nitrogens with zero attached hydrogens (tertiary/aromatic N) is 5. The Balaban J connectivity index is 1.54. The summed E-state index contributed by atoms with van der Waals surface area (Å²) >= 11 is 0. The van der Waals surface area contributed by atoms with Crippen molar-refractivity contribution in [3.63, 3.8) is 0 Å². The molecule has 31 heavy (non-hydrogen) atoms. The largest absolute Gasteiger partial charge is 0.336 e. The number of urea groups is 1. The quantitative estimate of drug-likeness (QED) is 0.684. The predicted molar refractivity (Wildman–Crippen MR) is 123 cm³/mol. The molecule has 7 heteroatoms. The molecule has 1 fully saturated rings. The summed E-state index contributed by atoms with van der Waals surface area (Å²) in [5.41, 5.74) is 5.33. The van der Waals surface area contributed by atoms with E-state index in [1.54, 1.807) is 0 Å². The Morgan fingerprint density at radius 2 is 1.84 bits per heavy atom. The number of amides is 2. The molecule has 1 aromatic carbocycles. The summed E-state index contributed by atoms with van der Waals surface area (Å²) in [7, 11) is 0. The molecule has 0 spiro atoms. The molecule has 4 rings (SSSR count). The first-order chi connectivity index (χ1) is 14.9. The molecule has 7 nitrogen and oxygen atoms in total. The van der Waals surface area contributed by atoms with Gasteiger partial charge in [0.05, 0.1) is 6.54 Å². The van der Waals surface area contributed by atoms with Gasteiger partial charge in [-0.05, 0) is 62.6 Å². The Bertz CT molecular complexity index is 1050. The summed E-state index contributed by atoms with van der Waals surface area (Å²) in [5.74, 6) is 0.983. The molecule has 2 amide bonds. The molecule has 2 aromatic heterocycles. The lowest BCUT2D eigenvalue weighted by Crippen LogP contribution is -2.52. The van der Waals surface area contributed by atoms with Crippen molar-refractivity contribution in [3.8, 4) is 5.69 Å². The maximum absolute atomic E-state index is 12.4. The summed E-state index contributed by atoms with van der Waals surface area (Å²) in [5, 5.41) is 3.07. The van der Waals surface area contributed by atoms with Crippen LogP contribution in [-0.4, -0.2) is 62.6 Å². The van der Waals surface area contributed by atoms with Crippen LogP contribution in [0.1, 0.15) is 37.2 Å². The maximum atomic E-state index is 12.4. The second-order valence-corrected chi connectivity index (χ2v) is 8.58. The van der Waals surface area contributed by atoms with Crippen molar-refractivity contribution in [2.45, 2.75) is 46.7 Å². The van der Waals surface area contributed by atoms with Crippen LogP contribution in [-0.2, 0) is 6.54 Å².